The number of benzene rings is 1. The molecule has 134 valence electrons. The van der Waals surface area contributed by atoms with Gasteiger partial charge < -0.3 is 15.4 Å². The zero-order valence-corrected chi connectivity index (χ0v) is 14.6. The Balaban J connectivity index is 1.98. The van der Waals surface area contributed by atoms with E-state index in [2.05, 4.69) is 15.6 Å². The van der Waals surface area contributed by atoms with E-state index < -0.39 is 16.1 Å². The number of nitrogens with one attached hydrogen (secondary N) is 2. The molecule has 1 atom stereocenters. The van der Waals surface area contributed by atoms with Crippen LogP contribution in [0.25, 0.3) is 0 Å². The number of anilines is 1. The van der Waals surface area contributed by atoms with Crippen molar-refractivity contribution in [3.05, 3.63) is 33.9 Å². The van der Waals surface area contributed by atoms with Crippen molar-refractivity contribution in [1.29, 1.82) is 0 Å². The Morgan fingerprint density at radius 1 is 1.52 bits per heavy atom. The minimum Gasteiger partial charge on any atom is -0.383 e. The first-order chi connectivity index (χ1) is 11.9. The van der Waals surface area contributed by atoms with Crippen molar-refractivity contribution >= 4 is 40.1 Å². The molecule has 1 unspecified atom stereocenters. The molecule has 2 amide bonds. The Bertz CT molecular complexity index is 722. The number of amides is 2. The first-order valence-electron chi connectivity index (χ1n) is 7.46. The van der Waals surface area contributed by atoms with E-state index in [4.69, 9.17) is 4.74 Å². The number of methoxy groups -OCH3 is 1. The lowest BCUT2D eigenvalue weighted by atomic mass is 10.2. The van der Waals surface area contributed by atoms with Crippen molar-refractivity contribution in [1.82, 2.24) is 5.32 Å². The number of amidine groups is 1. The normalized spacial score (nSPS) is 18.2. The summed E-state index contributed by atoms with van der Waals surface area (Å²) in [6, 6.07) is 4.53. The van der Waals surface area contributed by atoms with Gasteiger partial charge in [-0.05, 0) is 18.6 Å². The second kappa shape index (κ2) is 8.58. The van der Waals surface area contributed by atoms with E-state index >= 15 is 0 Å². The van der Waals surface area contributed by atoms with Gasteiger partial charge in [-0.2, -0.15) is 0 Å². The third-order valence-corrected chi connectivity index (χ3v) is 4.44. The van der Waals surface area contributed by atoms with E-state index in [0.717, 1.165) is 11.8 Å². The number of thioether (sulfide) groups is 1. The van der Waals surface area contributed by atoms with Crippen LogP contribution in [-0.4, -0.2) is 47.4 Å². The minimum atomic E-state index is -0.620. The van der Waals surface area contributed by atoms with Gasteiger partial charge >= 0.3 is 0 Å². The zero-order chi connectivity index (χ0) is 18.4. The minimum absolute atomic E-state index is 0.106. The maximum Gasteiger partial charge on any atom is 0.293 e. The molecule has 1 aliphatic rings. The Kier molecular flexibility index (Phi) is 6.48. The zero-order valence-electron chi connectivity index (χ0n) is 13.8. The van der Waals surface area contributed by atoms with Gasteiger partial charge in [0.05, 0.1) is 18.1 Å². The number of aliphatic imine (C=N–C) groups is 1. The number of nitro groups is 1. The Labute approximate surface area is 148 Å². The molecule has 0 aliphatic carbocycles. The molecule has 9 nitrogen and oxygen atoms in total. The van der Waals surface area contributed by atoms with Crippen LogP contribution in [0.2, 0.25) is 0 Å². The third kappa shape index (κ3) is 5.26. The summed E-state index contributed by atoms with van der Waals surface area (Å²) in [7, 11) is 1.55. The van der Waals surface area contributed by atoms with Crippen LogP contribution < -0.4 is 10.6 Å². The Morgan fingerprint density at radius 2 is 2.28 bits per heavy atom. The van der Waals surface area contributed by atoms with Crippen molar-refractivity contribution in [2.24, 2.45) is 4.99 Å². The van der Waals surface area contributed by atoms with Crippen LogP contribution in [0.15, 0.2) is 23.2 Å². The number of carbonyl (C=O) groups excluding carboxylic acids is 2. The molecule has 0 aromatic heterocycles. The lowest BCUT2D eigenvalue weighted by Crippen LogP contribution is -2.28. The summed E-state index contributed by atoms with van der Waals surface area (Å²) in [5.74, 6) is -0.785. The molecule has 2 rings (SSSR count). The van der Waals surface area contributed by atoms with Gasteiger partial charge in [-0.1, -0.05) is 17.8 Å². The van der Waals surface area contributed by atoms with Crippen molar-refractivity contribution in [2.75, 3.05) is 25.6 Å². The highest BCUT2D eigenvalue weighted by Gasteiger charge is 2.32. The van der Waals surface area contributed by atoms with E-state index in [-0.39, 0.29) is 23.7 Å². The molecule has 1 aromatic rings. The number of hydrogen-bond acceptors (Lipinski definition) is 7. The summed E-state index contributed by atoms with van der Waals surface area (Å²) in [5.41, 5.74) is 0.643. The van der Waals surface area contributed by atoms with Crippen molar-refractivity contribution in [2.45, 2.75) is 18.6 Å². The molecule has 0 saturated carbocycles. The maximum atomic E-state index is 12.2. The first kappa shape index (κ1) is 18.9. The number of ether oxygens (including phenoxy) is 1. The second-order valence-corrected chi connectivity index (χ2v) is 6.50. The average Bonchev–Trinajstić information content (AvgIpc) is 2.89. The van der Waals surface area contributed by atoms with E-state index in [9.17, 15) is 19.7 Å². The lowest BCUT2D eigenvalue weighted by Gasteiger charge is -2.08. The van der Waals surface area contributed by atoms with Crippen molar-refractivity contribution in [3.8, 4) is 0 Å². The highest BCUT2D eigenvalue weighted by Crippen LogP contribution is 2.27. The summed E-state index contributed by atoms with van der Waals surface area (Å²) in [6.45, 7) is 2.57. The lowest BCUT2D eigenvalue weighted by molar-refractivity contribution is -0.384. The quantitative estimate of drug-likeness (QED) is 0.428. The molecule has 1 aromatic carbocycles. The summed E-state index contributed by atoms with van der Waals surface area (Å²) >= 11 is 1.16. The van der Waals surface area contributed by atoms with Gasteiger partial charge in [-0.3, -0.25) is 24.7 Å². The van der Waals surface area contributed by atoms with E-state index in [0.29, 0.717) is 23.9 Å². The molecule has 1 heterocycles. The van der Waals surface area contributed by atoms with Gasteiger partial charge in [0.25, 0.3) is 5.69 Å². The van der Waals surface area contributed by atoms with Crippen LogP contribution in [0, 0.1) is 17.0 Å². The van der Waals surface area contributed by atoms with Gasteiger partial charge in [0.15, 0.2) is 5.17 Å². The number of nitro benzene ring substituents is 1. The molecule has 0 radical (unpaired) electrons. The topological polar surface area (TPSA) is 123 Å². The first-order valence-corrected chi connectivity index (χ1v) is 8.34. The van der Waals surface area contributed by atoms with Crippen LogP contribution in [0.5, 0.6) is 0 Å². The molecule has 1 aliphatic heterocycles. The second-order valence-electron chi connectivity index (χ2n) is 5.31. The standard InChI is InChI=1S/C15H18N4O5S/c1-9-3-4-10(11(7-9)19(22)23)17-13(20)8-12-14(21)18-15(25-12)16-5-6-24-2/h3-4,7,12H,5-6,8H2,1-2H3,(H,17,20)(H,16,18,21). The monoisotopic (exact) mass is 366 g/mol. The summed E-state index contributed by atoms with van der Waals surface area (Å²) in [4.78, 5) is 38.7. The maximum absolute atomic E-state index is 12.2. The van der Waals surface area contributed by atoms with E-state index in [1.54, 1.807) is 20.1 Å². The number of nitrogens with zero attached hydrogens (tertiary/aromatic N) is 2. The van der Waals surface area contributed by atoms with Gasteiger partial charge in [-0.15, -0.1) is 0 Å². The van der Waals surface area contributed by atoms with Crippen LogP contribution in [0.3, 0.4) is 0 Å². The molecule has 1 fully saturated rings. The fraction of sp³-hybridized carbons (Fsp3) is 0.400. The third-order valence-electron chi connectivity index (χ3n) is 3.32. The molecular weight excluding hydrogens is 348 g/mol. The van der Waals surface area contributed by atoms with Gasteiger partial charge in [0.1, 0.15) is 10.9 Å². The highest BCUT2D eigenvalue weighted by molar-refractivity contribution is 8.15. The van der Waals surface area contributed by atoms with Crippen molar-refractivity contribution in [3.63, 3.8) is 0 Å². The molecule has 25 heavy (non-hydrogen) atoms. The van der Waals surface area contributed by atoms with E-state index in [1.807, 2.05) is 0 Å². The summed E-state index contributed by atoms with van der Waals surface area (Å²) in [5, 5.41) is 16.0. The van der Waals surface area contributed by atoms with Gasteiger partial charge in [0, 0.05) is 19.6 Å². The van der Waals surface area contributed by atoms with Gasteiger partial charge in [0.2, 0.25) is 11.8 Å². The molecule has 1 saturated heterocycles. The summed E-state index contributed by atoms with van der Waals surface area (Å²) in [6.07, 6.45) is -0.106. The predicted molar refractivity (Wildman–Crippen MR) is 94.8 cm³/mol. The summed E-state index contributed by atoms with van der Waals surface area (Å²) < 4.78 is 4.88. The smallest absolute Gasteiger partial charge is 0.293 e. The molecule has 2 N–H and O–H groups in total. The van der Waals surface area contributed by atoms with Crippen molar-refractivity contribution < 1.29 is 19.2 Å². The molecular formula is C15H18N4O5S. The van der Waals surface area contributed by atoms with Crippen LogP contribution in [0.1, 0.15) is 12.0 Å². The van der Waals surface area contributed by atoms with Crippen LogP contribution in [-0.2, 0) is 14.3 Å². The molecule has 0 spiro atoms. The fourth-order valence-corrected chi connectivity index (χ4v) is 3.12. The molecule has 0 bridgehead atoms. The highest BCUT2D eigenvalue weighted by atomic mass is 32.2. The fourth-order valence-electron chi connectivity index (χ4n) is 2.12. The predicted octanol–water partition coefficient (Wildman–Crippen LogP) is 1.47. The Hall–Kier alpha value is -2.46. The van der Waals surface area contributed by atoms with Crippen LogP contribution in [0.4, 0.5) is 11.4 Å². The van der Waals surface area contributed by atoms with Crippen LogP contribution >= 0.6 is 11.8 Å². The number of rotatable bonds is 7. The molecule has 10 heteroatoms. The average molecular weight is 366 g/mol. The Morgan fingerprint density at radius 3 is 2.96 bits per heavy atom. The van der Waals surface area contributed by atoms with E-state index in [1.165, 1.54) is 12.1 Å². The van der Waals surface area contributed by atoms with Gasteiger partial charge in [-0.25, -0.2) is 0 Å². The largest absolute Gasteiger partial charge is 0.383 e. The SMILES string of the molecule is COCCN=C1NC(=O)C(CC(=O)Nc2ccc(C)cc2[N+](=O)[O-])S1. The number of hydrogen-bond donors (Lipinski definition) is 2. The number of aryl methyl sites for hydroxylation is 1. The number of carbonyl (C=O) groups is 2.